The standard InChI is InChI=1S/C18H29BrN2/c1-4-12-20-14(2)17-13-15(19)10-11-18(17)21(3)16-8-6-5-7-9-16/h10-11,13-14,16,20H,4-9,12H2,1-3H3. The first-order chi connectivity index (χ1) is 10.1. The summed E-state index contributed by atoms with van der Waals surface area (Å²) in [5.74, 6) is 0. The first kappa shape index (κ1) is 16.8. The molecule has 1 aliphatic rings. The molecule has 0 amide bonds. The predicted molar refractivity (Wildman–Crippen MR) is 96.1 cm³/mol. The first-order valence-corrected chi connectivity index (χ1v) is 9.18. The third-order valence-corrected chi connectivity index (χ3v) is 5.15. The summed E-state index contributed by atoms with van der Waals surface area (Å²) in [6.07, 6.45) is 8.01. The zero-order valence-electron chi connectivity index (χ0n) is 13.7. The van der Waals surface area contributed by atoms with Crippen LogP contribution in [0, 0.1) is 0 Å². The van der Waals surface area contributed by atoms with Gasteiger partial charge in [-0.05, 0) is 56.5 Å². The van der Waals surface area contributed by atoms with Crippen molar-refractivity contribution in [3.63, 3.8) is 0 Å². The second-order valence-electron chi connectivity index (χ2n) is 6.28. The number of hydrogen-bond donors (Lipinski definition) is 1. The molecule has 1 aromatic rings. The maximum absolute atomic E-state index is 3.63. The SMILES string of the molecule is CCCNC(C)c1cc(Br)ccc1N(C)C1CCCCC1. The minimum atomic E-state index is 0.392. The molecule has 1 unspecified atom stereocenters. The average molecular weight is 353 g/mol. The van der Waals surface area contributed by atoms with Crippen LogP contribution in [0.15, 0.2) is 22.7 Å². The highest BCUT2D eigenvalue weighted by molar-refractivity contribution is 9.10. The topological polar surface area (TPSA) is 15.3 Å². The van der Waals surface area contributed by atoms with E-state index in [-0.39, 0.29) is 0 Å². The molecule has 2 rings (SSSR count). The Hall–Kier alpha value is -0.540. The summed E-state index contributed by atoms with van der Waals surface area (Å²) in [5, 5.41) is 3.63. The van der Waals surface area contributed by atoms with Gasteiger partial charge in [0, 0.05) is 29.3 Å². The Morgan fingerprint density at radius 1 is 1.29 bits per heavy atom. The maximum Gasteiger partial charge on any atom is 0.0415 e. The Morgan fingerprint density at radius 3 is 2.67 bits per heavy atom. The van der Waals surface area contributed by atoms with Gasteiger partial charge in [-0.2, -0.15) is 0 Å². The lowest BCUT2D eigenvalue weighted by Gasteiger charge is -2.35. The molecule has 0 aromatic heterocycles. The number of benzene rings is 1. The molecule has 1 N–H and O–H groups in total. The van der Waals surface area contributed by atoms with Crippen molar-refractivity contribution >= 4 is 21.6 Å². The number of nitrogens with zero attached hydrogens (tertiary/aromatic N) is 1. The molecule has 1 aromatic carbocycles. The molecular formula is C18H29BrN2. The van der Waals surface area contributed by atoms with Crippen LogP contribution in [0.3, 0.4) is 0 Å². The van der Waals surface area contributed by atoms with Crippen molar-refractivity contribution in [2.24, 2.45) is 0 Å². The summed E-state index contributed by atoms with van der Waals surface area (Å²) in [6, 6.07) is 7.82. The second kappa shape index (κ2) is 8.19. The van der Waals surface area contributed by atoms with Crippen molar-refractivity contribution in [3.05, 3.63) is 28.2 Å². The van der Waals surface area contributed by atoms with E-state index in [1.165, 1.54) is 54.2 Å². The molecule has 3 heteroatoms. The minimum Gasteiger partial charge on any atom is -0.371 e. The quantitative estimate of drug-likeness (QED) is 0.749. The van der Waals surface area contributed by atoms with Gasteiger partial charge in [-0.15, -0.1) is 0 Å². The maximum atomic E-state index is 3.63. The molecule has 1 atom stereocenters. The predicted octanol–water partition coefficient (Wildman–Crippen LogP) is 5.28. The summed E-state index contributed by atoms with van der Waals surface area (Å²) >= 11 is 3.63. The lowest BCUT2D eigenvalue weighted by atomic mass is 9.93. The zero-order valence-corrected chi connectivity index (χ0v) is 15.2. The normalized spacial score (nSPS) is 17.7. The number of anilines is 1. The molecule has 2 nitrogen and oxygen atoms in total. The molecule has 118 valence electrons. The molecule has 1 saturated carbocycles. The van der Waals surface area contributed by atoms with Gasteiger partial charge in [0.2, 0.25) is 0 Å². The van der Waals surface area contributed by atoms with Crippen LogP contribution >= 0.6 is 15.9 Å². The number of rotatable bonds is 6. The Kier molecular flexibility index (Phi) is 6.56. The van der Waals surface area contributed by atoms with Crippen LogP contribution < -0.4 is 10.2 Å². The van der Waals surface area contributed by atoms with Gasteiger partial charge in [0.05, 0.1) is 0 Å². The van der Waals surface area contributed by atoms with Gasteiger partial charge < -0.3 is 10.2 Å². The van der Waals surface area contributed by atoms with Gasteiger partial charge in [0.25, 0.3) is 0 Å². The Balaban J connectivity index is 2.20. The van der Waals surface area contributed by atoms with Gasteiger partial charge in [0.1, 0.15) is 0 Å². The number of hydrogen-bond acceptors (Lipinski definition) is 2. The van der Waals surface area contributed by atoms with Crippen LogP contribution in [0.4, 0.5) is 5.69 Å². The Morgan fingerprint density at radius 2 is 2.00 bits per heavy atom. The van der Waals surface area contributed by atoms with E-state index in [4.69, 9.17) is 0 Å². The summed E-state index contributed by atoms with van der Waals surface area (Å²) in [7, 11) is 2.27. The molecule has 0 spiro atoms. The van der Waals surface area contributed by atoms with Crippen molar-refractivity contribution in [1.29, 1.82) is 0 Å². The van der Waals surface area contributed by atoms with Crippen molar-refractivity contribution in [2.75, 3.05) is 18.5 Å². The fraction of sp³-hybridized carbons (Fsp3) is 0.667. The minimum absolute atomic E-state index is 0.392. The summed E-state index contributed by atoms with van der Waals surface area (Å²) in [6.45, 7) is 5.56. The third kappa shape index (κ3) is 4.46. The van der Waals surface area contributed by atoms with Crippen LogP contribution in [-0.4, -0.2) is 19.6 Å². The molecule has 1 fully saturated rings. The van der Waals surface area contributed by atoms with Gasteiger partial charge in [-0.25, -0.2) is 0 Å². The van der Waals surface area contributed by atoms with Crippen LogP contribution in [0.25, 0.3) is 0 Å². The average Bonchev–Trinajstić information content (AvgIpc) is 2.52. The third-order valence-electron chi connectivity index (χ3n) is 4.66. The molecule has 0 heterocycles. The van der Waals surface area contributed by atoms with Crippen LogP contribution in [-0.2, 0) is 0 Å². The fourth-order valence-corrected chi connectivity index (χ4v) is 3.71. The Labute approximate surface area is 138 Å². The van der Waals surface area contributed by atoms with Crippen molar-refractivity contribution in [2.45, 2.75) is 64.5 Å². The summed E-state index contributed by atoms with van der Waals surface area (Å²) in [5.41, 5.74) is 2.80. The lowest BCUT2D eigenvalue weighted by molar-refractivity contribution is 0.426. The monoisotopic (exact) mass is 352 g/mol. The molecule has 1 aliphatic carbocycles. The smallest absolute Gasteiger partial charge is 0.0415 e. The van der Waals surface area contributed by atoms with E-state index in [1.807, 2.05) is 0 Å². The molecular weight excluding hydrogens is 324 g/mol. The van der Waals surface area contributed by atoms with Gasteiger partial charge >= 0.3 is 0 Å². The largest absolute Gasteiger partial charge is 0.371 e. The molecule has 0 saturated heterocycles. The number of halogens is 1. The summed E-state index contributed by atoms with van der Waals surface area (Å²) < 4.78 is 1.17. The molecule has 0 aliphatic heterocycles. The van der Waals surface area contributed by atoms with Gasteiger partial charge in [-0.1, -0.05) is 42.1 Å². The molecule has 0 radical (unpaired) electrons. The fourth-order valence-electron chi connectivity index (χ4n) is 3.33. The summed E-state index contributed by atoms with van der Waals surface area (Å²) in [4.78, 5) is 2.52. The number of nitrogens with one attached hydrogen (secondary N) is 1. The van der Waals surface area contributed by atoms with E-state index in [0.29, 0.717) is 12.1 Å². The van der Waals surface area contributed by atoms with E-state index in [0.717, 1.165) is 6.54 Å². The highest BCUT2D eigenvalue weighted by atomic mass is 79.9. The van der Waals surface area contributed by atoms with Crippen molar-refractivity contribution in [1.82, 2.24) is 5.32 Å². The van der Waals surface area contributed by atoms with E-state index < -0.39 is 0 Å². The molecule has 21 heavy (non-hydrogen) atoms. The highest BCUT2D eigenvalue weighted by Crippen LogP contribution is 2.33. The zero-order chi connectivity index (χ0) is 15.2. The Bertz CT molecular complexity index is 441. The molecule has 0 bridgehead atoms. The van der Waals surface area contributed by atoms with Crippen LogP contribution in [0.1, 0.15) is 64.0 Å². The van der Waals surface area contributed by atoms with E-state index in [9.17, 15) is 0 Å². The van der Waals surface area contributed by atoms with E-state index >= 15 is 0 Å². The lowest BCUT2D eigenvalue weighted by Crippen LogP contribution is -2.34. The first-order valence-electron chi connectivity index (χ1n) is 8.39. The second-order valence-corrected chi connectivity index (χ2v) is 7.20. The van der Waals surface area contributed by atoms with Gasteiger partial charge in [0.15, 0.2) is 0 Å². The van der Waals surface area contributed by atoms with E-state index in [2.05, 4.69) is 65.2 Å². The highest BCUT2D eigenvalue weighted by Gasteiger charge is 2.21. The van der Waals surface area contributed by atoms with Crippen LogP contribution in [0.5, 0.6) is 0 Å². The van der Waals surface area contributed by atoms with E-state index in [1.54, 1.807) is 0 Å². The van der Waals surface area contributed by atoms with Crippen LogP contribution in [0.2, 0.25) is 0 Å². The van der Waals surface area contributed by atoms with Crippen molar-refractivity contribution < 1.29 is 0 Å². The van der Waals surface area contributed by atoms with Gasteiger partial charge in [-0.3, -0.25) is 0 Å². The van der Waals surface area contributed by atoms with Crippen molar-refractivity contribution in [3.8, 4) is 0 Å².